The average molecular weight is 884 g/mol. The fourth-order valence-electron chi connectivity index (χ4n) is 8.13. The van der Waals surface area contributed by atoms with E-state index in [1.54, 1.807) is 105 Å². The maximum atomic E-state index is 17.5. The lowest BCUT2D eigenvalue weighted by Gasteiger charge is -2.37. The molecule has 4 atom stereocenters. The van der Waals surface area contributed by atoms with E-state index in [1.807, 2.05) is 78.9 Å². The van der Waals surface area contributed by atoms with Crippen molar-refractivity contribution in [2.45, 2.75) is 30.2 Å². The molecule has 9 rings (SSSR count). The Balaban J connectivity index is 1.12. The first-order valence-electron chi connectivity index (χ1n) is 21.0. The van der Waals surface area contributed by atoms with E-state index in [0.29, 0.717) is 22.6 Å². The zero-order chi connectivity index (χ0) is 45.6. The van der Waals surface area contributed by atoms with Gasteiger partial charge in [0.15, 0.2) is 35.5 Å². The van der Waals surface area contributed by atoms with Crippen LogP contribution in [0.3, 0.4) is 0 Å². The second-order valence-electron chi connectivity index (χ2n) is 15.3. The van der Waals surface area contributed by atoms with Gasteiger partial charge < -0.3 is 23.7 Å². The number of rotatable bonds is 14. The number of carbonyl (C=O) groups excluding carboxylic acids is 3. The van der Waals surface area contributed by atoms with E-state index in [0.717, 1.165) is 16.8 Å². The molecule has 1 saturated heterocycles. The molecule has 13 nitrogen and oxygen atoms in total. The number of anilines is 1. The second-order valence-corrected chi connectivity index (χ2v) is 15.3. The Bertz CT molecular complexity index is 2840. The van der Waals surface area contributed by atoms with Crippen LogP contribution >= 0.6 is 0 Å². The van der Waals surface area contributed by atoms with Crippen molar-refractivity contribution in [2.75, 3.05) is 25.7 Å². The van der Waals surface area contributed by atoms with Gasteiger partial charge in [-0.2, -0.15) is 0 Å². The van der Waals surface area contributed by atoms with Crippen LogP contribution in [-0.2, 0) is 19.8 Å². The van der Waals surface area contributed by atoms with Gasteiger partial charge in [0.25, 0.3) is 11.8 Å². The van der Waals surface area contributed by atoms with Gasteiger partial charge in [-0.3, -0.25) is 14.2 Å². The van der Waals surface area contributed by atoms with Crippen LogP contribution in [0.2, 0.25) is 0 Å². The van der Waals surface area contributed by atoms with Crippen molar-refractivity contribution in [1.29, 1.82) is 0 Å². The number of carbonyl (C=O) groups is 3. The number of imide groups is 1. The Morgan fingerprint density at radius 3 is 1.64 bits per heavy atom. The van der Waals surface area contributed by atoms with Gasteiger partial charge in [-0.05, 0) is 77.4 Å². The molecule has 0 saturated carbocycles. The average Bonchev–Trinajstić information content (AvgIpc) is 3.95. The third-order valence-electron chi connectivity index (χ3n) is 11.4. The zero-order valence-corrected chi connectivity index (χ0v) is 35.7. The zero-order valence-electron chi connectivity index (χ0n) is 35.7. The van der Waals surface area contributed by atoms with E-state index in [-0.39, 0.29) is 40.3 Å². The van der Waals surface area contributed by atoms with E-state index < -0.39 is 48.0 Å². The van der Waals surface area contributed by atoms with Crippen molar-refractivity contribution in [3.63, 3.8) is 0 Å². The Hall–Kier alpha value is -8.07. The number of hydrogen-bond donors (Lipinski definition) is 0. The lowest BCUT2D eigenvalue weighted by atomic mass is 9.80. The number of hydrogen-bond acceptors (Lipinski definition) is 11. The van der Waals surface area contributed by atoms with Crippen LogP contribution in [0.25, 0.3) is 11.2 Å². The molecule has 8 aromatic rings. The molecule has 0 aliphatic carbocycles. The standard InChI is InChI=1S/C52H42FN5O8/c1-62-40-27-23-38(24-28-40)52(37-21-13-6-14-22-37,39-25-29-41(63-2)30-26-39)64-31-42-45(66-51(61)36-19-11-5-12-20-36)43(53)50(65-42)57-33-56-44-46(57)54-32-55-47(44)58(48(59)34-15-7-3-8-16-34)49(60)35-17-9-4-10-18-35/h3-30,32-33,42-43,45,50H,31H2,1-2H3. The Morgan fingerprint density at radius 2 is 1.12 bits per heavy atom. The van der Waals surface area contributed by atoms with Crippen LogP contribution in [0.1, 0.15) is 54.0 Å². The summed E-state index contributed by atoms with van der Waals surface area (Å²) in [4.78, 5) is 56.5. The Labute approximate surface area is 379 Å². The van der Waals surface area contributed by atoms with Gasteiger partial charge in [-0.1, -0.05) is 109 Å². The number of halogens is 1. The van der Waals surface area contributed by atoms with Crippen LogP contribution < -0.4 is 14.4 Å². The molecule has 1 fully saturated rings. The number of amides is 2. The molecule has 0 spiro atoms. The molecule has 1 aliphatic rings. The smallest absolute Gasteiger partial charge is 0.338 e. The molecule has 66 heavy (non-hydrogen) atoms. The first kappa shape index (κ1) is 43.2. The van der Waals surface area contributed by atoms with Crippen molar-refractivity contribution in [1.82, 2.24) is 19.5 Å². The monoisotopic (exact) mass is 883 g/mol. The number of esters is 1. The molecule has 2 amide bonds. The normalized spacial score (nSPS) is 17.0. The molecule has 330 valence electrons. The highest BCUT2D eigenvalue weighted by molar-refractivity contribution is 6.27. The quantitative estimate of drug-likeness (QED) is 0.0587. The second kappa shape index (κ2) is 19.0. The van der Waals surface area contributed by atoms with Crippen molar-refractivity contribution in [3.8, 4) is 11.5 Å². The molecule has 0 radical (unpaired) electrons. The maximum absolute atomic E-state index is 17.5. The highest BCUT2D eigenvalue weighted by atomic mass is 19.1. The Kier molecular flexibility index (Phi) is 12.4. The summed E-state index contributed by atoms with van der Waals surface area (Å²) >= 11 is 0. The maximum Gasteiger partial charge on any atom is 0.338 e. The molecular formula is C52H42FN5O8. The summed E-state index contributed by atoms with van der Waals surface area (Å²) in [5, 5.41) is 0. The molecule has 14 heteroatoms. The third-order valence-corrected chi connectivity index (χ3v) is 11.4. The van der Waals surface area contributed by atoms with E-state index in [9.17, 15) is 14.4 Å². The number of alkyl halides is 1. The summed E-state index contributed by atoms with van der Waals surface area (Å²) in [6.07, 6.45) is -3.78. The summed E-state index contributed by atoms with van der Waals surface area (Å²) in [5.74, 6) is -0.982. The molecule has 6 aromatic carbocycles. The summed E-state index contributed by atoms with van der Waals surface area (Å²) in [6.45, 7) is -0.297. The lowest BCUT2D eigenvalue weighted by molar-refractivity contribution is -0.0957. The highest BCUT2D eigenvalue weighted by Crippen LogP contribution is 2.44. The first-order chi connectivity index (χ1) is 32.3. The van der Waals surface area contributed by atoms with Crippen LogP contribution in [-0.4, -0.2) is 76.5 Å². The van der Waals surface area contributed by atoms with Gasteiger partial charge in [-0.25, -0.2) is 29.0 Å². The van der Waals surface area contributed by atoms with Gasteiger partial charge in [0, 0.05) is 11.1 Å². The number of fused-ring (bicyclic) bond motifs is 1. The van der Waals surface area contributed by atoms with Crippen LogP contribution in [0, 0.1) is 0 Å². The van der Waals surface area contributed by atoms with Gasteiger partial charge >= 0.3 is 5.97 Å². The molecule has 4 unspecified atom stereocenters. The van der Waals surface area contributed by atoms with Crippen molar-refractivity contribution in [3.05, 3.63) is 216 Å². The summed E-state index contributed by atoms with van der Waals surface area (Å²) in [5.41, 5.74) is 1.56. The van der Waals surface area contributed by atoms with Crippen LogP contribution in [0.4, 0.5) is 10.2 Å². The highest BCUT2D eigenvalue weighted by Gasteiger charge is 2.51. The first-order valence-corrected chi connectivity index (χ1v) is 21.0. The number of benzene rings is 6. The van der Waals surface area contributed by atoms with E-state index in [4.69, 9.17) is 23.7 Å². The lowest BCUT2D eigenvalue weighted by Crippen LogP contribution is -2.41. The number of aromatic nitrogens is 4. The van der Waals surface area contributed by atoms with Crippen molar-refractivity contribution in [2.24, 2.45) is 0 Å². The summed E-state index contributed by atoms with van der Waals surface area (Å²) in [7, 11) is 3.16. The number of methoxy groups -OCH3 is 2. The molecule has 1 aliphatic heterocycles. The molecular weight excluding hydrogens is 842 g/mol. The topological polar surface area (TPSA) is 144 Å². The van der Waals surface area contributed by atoms with Gasteiger partial charge in [0.2, 0.25) is 0 Å². The SMILES string of the molecule is COc1ccc(C(OCC2OC(n3cnc4c(N(C(=O)c5ccccc5)C(=O)c5ccccc5)ncnc43)C(F)C2OC(=O)c2ccccc2)(c2ccccc2)c2ccc(OC)cc2)cc1. The molecule has 3 heterocycles. The van der Waals surface area contributed by atoms with Gasteiger partial charge in [0.1, 0.15) is 29.5 Å². The van der Waals surface area contributed by atoms with Gasteiger partial charge in [-0.15, -0.1) is 0 Å². The minimum absolute atomic E-state index is 0.0153. The molecule has 2 aromatic heterocycles. The van der Waals surface area contributed by atoms with Crippen LogP contribution in [0.5, 0.6) is 11.5 Å². The van der Waals surface area contributed by atoms with Crippen molar-refractivity contribution >= 4 is 34.8 Å². The number of nitrogens with zero attached hydrogens (tertiary/aromatic N) is 5. The number of imidazole rings is 1. The van der Waals surface area contributed by atoms with Crippen molar-refractivity contribution < 1.29 is 42.5 Å². The fraction of sp³-hybridized carbons (Fsp3) is 0.154. The molecule has 0 N–H and O–H groups in total. The van der Waals surface area contributed by atoms with Crippen LogP contribution in [0.15, 0.2) is 183 Å². The third kappa shape index (κ3) is 8.26. The summed E-state index contributed by atoms with van der Waals surface area (Å²) in [6, 6.07) is 49.2. The Morgan fingerprint density at radius 1 is 0.636 bits per heavy atom. The predicted molar refractivity (Wildman–Crippen MR) is 242 cm³/mol. The summed E-state index contributed by atoms with van der Waals surface area (Å²) < 4.78 is 49.6. The minimum atomic E-state index is -2.01. The predicted octanol–water partition coefficient (Wildman–Crippen LogP) is 8.80. The van der Waals surface area contributed by atoms with E-state index in [2.05, 4.69) is 15.0 Å². The largest absolute Gasteiger partial charge is 0.497 e. The fourth-order valence-corrected chi connectivity index (χ4v) is 8.13. The van der Waals surface area contributed by atoms with E-state index >= 15 is 4.39 Å². The van der Waals surface area contributed by atoms with E-state index in [1.165, 1.54) is 10.9 Å². The molecule has 0 bridgehead atoms. The minimum Gasteiger partial charge on any atom is -0.497 e. The number of ether oxygens (including phenoxy) is 5. The van der Waals surface area contributed by atoms with Gasteiger partial charge in [0.05, 0.1) is 32.7 Å².